The van der Waals surface area contributed by atoms with Crippen LogP contribution >= 0.6 is 35.6 Å². The van der Waals surface area contributed by atoms with Gasteiger partial charge in [-0.15, -0.1) is 12.4 Å². The van der Waals surface area contributed by atoms with Gasteiger partial charge in [0.15, 0.2) is 6.10 Å². The lowest BCUT2D eigenvalue weighted by Crippen LogP contribution is -2.48. The molecule has 1 aliphatic rings. The molecule has 0 aliphatic carbocycles. The Bertz CT molecular complexity index is 487. The van der Waals surface area contributed by atoms with Crippen molar-refractivity contribution in [1.82, 2.24) is 10.2 Å². The van der Waals surface area contributed by atoms with Crippen LogP contribution in [0.25, 0.3) is 0 Å². The minimum Gasteiger partial charge on any atom is -0.481 e. The fraction of sp³-hybridized carbons (Fsp3) is 0.533. The number of rotatable bonds is 4. The number of ether oxygens (including phenoxy) is 1. The first kappa shape index (κ1) is 19.4. The summed E-state index contributed by atoms with van der Waals surface area (Å²) >= 11 is 11.9. The van der Waals surface area contributed by atoms with Crippen LogP contribution in [0.5, 0.6) is 5.75 Å². The molecule has 1 aliphatic heterocycles. The van der Waals surface area contributed by atoms with Gasteiger partial charge in [-0.1, -0.05) is 23.2 Å². The van der Waals surface area contributed by atoms with E-state index in [9.17, 15) is 4.79 Å². The van der Waals surface area contributed by atoms with Gasteiger partial charge >= 0.3 is 0 Å². The van der Waals surface area contributed by atoms with Gasteiger partial charge in [0.05, 0.1) is 0 Å². The number of piperidine rings is 1. The second kappa shape index (κ2) is 8.82. The van der Waals surface area contributed by atoms with E-state index in [4.69, 9.17) is 27.9 Å². The maximum absolute atomic E-state index is 12.4. The Labute approximate surface area is 147 Å². The highest BCUT2D eigenvalue weighted by molar-refractivity contribution is 6.34. The van der Waals surface area contributed by atoms with Gasteiger partial charge in [-0.25, -0.2) is 0 Å². The first-order valence-corrected chi connectivity index (χ1v) is 7.83. The first-order valence-electron chi connectivity index (χ1n) is 7.07. The molecular weight excluding hydrogens is 347 g/mol. The SMILES string of the molecule is CC(Oc1cc(Cl)cc(Cl)c1)C(=O)N(C)C1CCNCC1.Cl. The lowest BCUT2D eigenvalue weighted by Gasteiger charge is -2.33. The molecule has 1 heterocycles. The average Bonchev–Trinajstić information content (AvgIpc) is 2.45. The Morgan fingerprint density at radius 2 is 1.82 bits per heavy atom. The number of nitrogens with one attached hydrogen (secondary N) is 1. The third kappa shape index (κ3) is 5.20. The Hall–Kier alpha value is -0.680. The summed E-state index contributed by atoms with van der Waals surface area (Å²) in [6.45, 7) is 3.64. The van der Waals surface area contributed by atoms with Gasteiger partial charge in [0.2, 0.25) is 0 Å². The largest absolute Gasteiger partial charge is 0.481 e. The van der Waals surface area contributed by atoms with E-state index in [2.05, 4.69) is 5.32 Å². The van der Waals surface area contributed by atoms with Crippen molar-refractivity contribution in [3.63, 3.8) is 0 Å². The lowest BCUT2D eigenvalue weighted by atomic mass is 10.0. The number of hydrogen-bond acceptors (Lipinski definition) is 3. The van der Waals surface area contributed by atoms with Crippen LogP contribution < -0.4 is 10.1 Å². The molecule has 7 heteroatoms. The van der Waals surface area contributed by atoms with E-state index in [-0.39, 0.29) is 24.4 Å². The van der Waals surface area contributed by atoms with Crippen LogP contribution in [0.4, 0.5) is 0 Å². The van der Waals surface area contributed by atoms with Crippen LogP contribution in [0, 0.1) is 0 Å². The summed E-state index contributed by atoms with van der Waals surface area (Å²) in [6, 6.07) is 5.21. The predicted molar refractivity (Wildman–Crippen MR) is 92.5 cm³/mol. The molecule has 1 fully saturated rings. The molecule has 1 atom stereocenters. The molecule has 0 aromatic heterocycles. The van der Waals surface area contributed by atoms with Crippen molar-refractivity contribution < 1.29 is 9.53 Å². The highest BCUT2D eigenvalue weighted by Crippen LogP contribution is 2.25. The Balaban J connectivity index is 0.00000242. The number of carbonyl (C=O) groups excluding carboxylic acids is 1. The number of nitrogens with zero attached hydrogens (tertiary/aromatic N) is 1. The van der Waals surface area contributed by atoms with E-state index in [1.807, 2.05) is 7.05 Å². The smallest absolute Gasteiger partial charge is 0.263 e. The van der Waals surface area contributed by atoms with Gasteiger partial charge in [0, 0.05) is 23.1 Å². The molecule has 0 bridgehead atoms. The summed E-state index contributed by atoms with van der Waals surface area (Å²) in [5.74, 6) is 0.477. The van der Waals surface area contributed by atoms with Gasteiger partial charge in [-0.3, -0.25) is 4.79 Å². The zero-order valence-electron chi connectivity index (χ0n) is 12.6. The van der Waals surface area contributed by atoms with Crippen molar-refractivity contribution in [3.05, 3.63) is 28.2 Å². The van der Waals surface area contributed by atoms with Crippen molar-refractivity contribution in [2.75, 3.05) is 20.1 Å². The summed E-state index contributed by atoms with van der Waals surface area (Å²) in [6.07, 6.45) is 1.37. The van der Waals surface area contributed by atoms with E-state index in [0.29, 0.717) is 15.8 Å². The predicted octanol–water partition coefficient (Wildman–Crippen LogP) is 3.39. The number of carbonyl (C=O) groups is 1. The van der Waals surface area contributed by atoms with Gasteiger partial charge in [0.25, 0.3) is 5.91 Å². The lowest BCUT2D eigenvalue weighted by molar-refractivity contribution is -0.139. The van der Waals surface area contributed by atoms with Crippen molar-refractivity contribution in [2.24, 2.45) is 0 Å². The minimum atomic E-state index is -0.570. The second-order valence-electron chi connectivity index (χ2n) is 5.30. The number of likely N-dealkylation sites (N-methyl/N-ethyl adjacent to an activating group) is 1. The summed E-state index contributed by atoms with van der Waals surface area (Å²) in [7, 11) is 1.84. The molecule has 0 spiro atoms. The number of hydrogen-bond donors (Lipinski definition) is 1. The third-order valence-electron chi connectivity index (χ3n) is 3.70. The molecule has 1 aromatic rings. The summed E-state index contributed by atoms with van der Waals surface area (Å²) in [5.41, 5.74) is 0. The summed E-state index contributed by atoms with van der Waals surface area (Å²) in [4.78, 5) is 14.2. The molecule has 2 rings (SSSR count). The topological polar surface area (TPSA) is 41.6 Å². The van der Waals surface area contributed by atoms with E-state index >= 15 is 0 Å². The normalized spacial score (nSPS) is 16.5. The molecule has 0 saturated carbocycles. The third-order valence-corrected chi connectivity index (χ3v) is 4.14. The molecule has 1 amide bonds. The van der Waals surface area contributed by atoms with Crippen molar-refractivity contribution in [2.45, 2.75) is 31.9 Å². The standard InChI is InChI=1S/C15H20Cl2N2O2.ClH/c1-10(21-14-8-11(16)7-12(17)9-14)15(20)19(2)13-3-5-18-6-4-13;/h7-10,13,18H,3-6H2,1-2H3;1H. The molecular formula is C15H21Cl3N2O2. The summed E-state index contributed by atoms with van der Waals surface area (Å²) in [5, 5.41) is 4.27. The molecule has 1 N–H and O–H groups in total. The fourth-order valence-electron chi connectivity index (χ4n) is 2.51. The maximum atomic E-state index is 12.4. The zero-order chi connectivity index (χ0) is 15.4. The minimum absolute atomic E-state index is 0. The first-order chi connectivity index (χ1) is 9.97. The van der Waals surface area contributed by atoms with E-state index in [0.717, 1.165) is 25.9 Å². The van der Waals surface area contributed by atoms with Crippen molar-refractivity contribution in [1.29, 1.82) is 0 Å². The van der Waals surface area contributed by atoms with E-state index in [1.165, 1.54) is 0 Å². The van der Waals surface area contributed by atoms with Crippen molar-refractivity contribution in [3.8, 4) is 5.75 Å². The van der Waals surface area contributed by atoms with Crippen LogP contribution in [0.2, 0.25) is 10.0 Å². The fourth-order valence-corrected chi connectivity index (χ4v) is 3.02. The molecule has 1 aromatic carbocycles. The van der Waals surface area contributed by atoms with E-state index < -0.39 is 6.10 Å². The summed E-state index contributed by atoms with van der Waals surface area (Å²) < 4.78 is 5.67. The van der Waals surface area contributed by atoms with Crippen LogP contribution in [0.3, 0.4) is 0 Å². The number of amides is 1. The molecule has 124 valence electrons. The van der Waals surface area contributed by atoms with Crippen LogP contribution in [0.1, 0.15) is 19.8 Å². The van der Waals surface area contributed by atoms with Crippen LogP contribution in [-0.4, -0.2) is 43.1 Å². The Kier molecular flexibility index (Phi) is 7.77. The molecule has 1 saturated heterocycles. The van der Waals surface area contributed by atoms with Crippen LogP contribution in [0.15, 0.2) is 18.2 Å². The number of halogens is 3. The molecule has 0 radical (unpaired) electrons. The van der Waals surface area contributed by atoms with Gasteiger partial charge in [-0.05, 0) is 51.1 Å². The highest BCUT2D eigenvalue weighted by Gasteiger charge is 2.26. The monoisotopic (exact) mass is 366 g/mol. The zero-order valence-corrected chi connectivity index (χ0v) is 15.0. The Morgan fingerprint density at radius 3 is 2.36 bits per heavy atom. The van der Waals surface area contributed by atoms with Crippen molar-refractivity contribution >= 4 is 41.5 Å². The quantitative estimate of drug-likeness (QED) is 0.887. The number of benzene rings is 1. The van der Waals surface area contributed by atoms with Gasteiger partial charge in [0.1, 0.15) is 5.75 Å². The van der Waals surface area contributed by atoms with Crippen LogP contribution in [-0.2, 0) is 4.79 Å². The van der Waals surface area contributed by atoms with E-state index in [1.54, 1.807) is 30.0 Å². The molecule has 1 unspecified atom stereocenters. The highest BCUT2D eigenvalue weighted by atomic mass is 35.5. The average molecular weight is 368 g/mol. The Morgan fingerprint density at radius 1 is 1.27 bits per heavy atom. The second-order valence-corrected chi connectivity index (χ2v) is 6.17. The molecule has 4 nitrogen and oxygen atoms in total. The molecule has 22 heavy (non-hydrogen) atoms. The maximum Gasteiger partial charge on any atom is 0.263 e. The van der Waals surface area contributed by atoms with Gasteiger partial charge in [-0.2, -0.15) is 0 Å². The van der Waals surface area contributed by atoms with Gasteiger partial charge < -0.3 is 15.0 Å².